The average molecular weight is 277 g/mol. The van der Waals surface area contributed by atoms with Gasteiger partial charge in [-0.1, -0.05) is 57.0 Å². The van der Waals surface area contributed by atoms with Gasteiger partial charge in [-0.2, -0.15) is 11.8 Å². The van der Waals surface area contributed by atoms with E-state index in [1.165, 1.54) is 37.7 Å². The minimum Gasteiger partial charge on any atom is -0.309 e. The maximum absolute atomic E-state index is 3.70. The van der Waals surface area contributed by atoms with Crippen molar-refractivity contribution in [3.8, 4) is 0 Å². The van der Waals surface area contributed by atoms with Crippen LogP contribution in [0.4, 0.5) is 0 Å². The minimum absolute atomic E-state index is 0.502. The summed E-state index contributed by atoms with van der Waals surface area (Å²) in [5, 5.41) is 5.30. The Bertz CT molecular complexity index is 346. The van der Waals surface area contributed by atoms with Gasteiger partial charge in [-0.05, 0) is 31.4 Å². The largest absolute Gasteiger partial charge is 0.309 e. The molecule has 19 heavy (non-hydrogen) atoms. The molecule has 0 aliphatic heterocycles. The van der Waals surface area contributed by atoms with Crippen LogP contribution in [0.15, 0.2) is 30.3 Å². The number of rotatable bonds is 7. The molecule has 2 atom stereocenters. The minimum atomic E-state index is 0.502. The van der Waals surface area contributed by atoms with Crippen molar-refractivity contribution in [2.24, 2.45) is 0 Å². The summed E-state index contributed by atoms with van der Waals surface area (Å²) in [5.74, 6) is 0. The molecule has 1 fully saturated rings. The molecular weight excluding hydrogens is 250 g/mol. The molecule has 2 unspecified atom stereocenters. The van der Waals surface area contributed by atoms with Crippen LogP contribution in [0.3, 0.4) is 0 Å². The number of hydrogen-bond acceptors (Lipinski definition) is 2. The fraction of sp³-hybridized carbons (Fsp3) is 0.647. The molecule has 2 rings (SSSR count). The fourth-order valence-electron chi connectivity index (χ4n) is 3.03. The quantitative estimate of drug-likeness (QED) is 0.769. The van der Waals surface area contributed by atoms with Crippen molar-refractivity contribution in [3.63, 3.8) is 0 Å². The van der Waals surface area contributed by atoms with Gasteiger partial charge in [-0.15, -0.1) is 0 Å². The van der Waals surface area contributed by atoms with Crippen molar-refractivity contribution in [3.05, 3.63) is 35.9 Å². The van der Waals surface area contributed by atoms with Crippen LogP contribution in [-0.4, -0.2) is 17.0 Å². The van der Waals surface area contributed by atoms with Gasteiger partial charge < -0.3 is 5.32 Å². The summed E-state index contributed by atoms with van der Waals surface area (Å²) in [6, 6.07) is 11.5. The van der Waals surface area contributed by atoms with Gasteiger partial charge in [0.1, 0.15) is 0 Å². The first-order chi connectivity index (χ1) is 9.35. The Hall–Kier alpha value is -0.470. The Morgan fingerprint density at radius 1 is 1.16 bits per heavy atom. The third-order valence-corrected chi connectivity index (χ3v) is 5.84. The summed E-state index contributed by atoms with van der Waals surface area (Å²) in [6.45, 7) is 5.59. The molecule has 1 aromatic rings. The lowest BCUT2D eigenvalue weighted by Crippen LogP contribution is -2.31. The van der Waals surface area contributed by atoms with Crippen molar-refractivity contribution in [1.29, 1.82) is 0 Å². The van der Waals surface area contributed by atoms with Crippen LogP contribution in [0.25, 0.3) is 0 Å². The first-order valence-electron chi connectivity index (χ1n) is 7.79. The molecule has 1 aliphatic carbocycles. The van der Waals surface area contributed by atoms with E-state index in [0.29, 0.717) is 11.3 Å². The number of thioether (sulfide) groups is 1. The van der Waals surface area contributed by atoms with E-state index in [0.717, 1.165) is 11.8 Å². The van der Waals surface area contributed by atoms with E-state index >= 15 is 0 Å². The number of hydrogen-bond donors (Lipinski definition) is 1. The number of benzene rings is 1. The van der Waals surface area contributed by atoms with Crippen LogP contribution in [0.2, 0.25) is 0 Å². The molecule has 1 aromatic carbocycles. The molecule has 0 amide bonds. The smallest absolute Gasteiger partial charge is 0.0440 e. The van der Waals surface area contributed by atoms with Crippen LogP contribution < -0.4 is 5.32 Å². The van der Waals surface area contributed by atoms with E-state index in [1.807, 2.05) is 0 Å². The molecule has 1 N–H and O–H groups in total. The molecule has 0 saturated heterocycles. The summed E-state index contributed by atoms with van der Waals surface area (Å²) in [4.78, 5) is 0. The van der Waals surface area contributed by atoms with Crippen molar-refractivity contribution < 1.29 is 0 Å². The van der Waals surface area contributed by atoms with Crippen LogP contribution >= 0.6 is 11.8 Å². The molecule has 106 valence electrons. The van der Waals surface area contributed by atoms with Gasteiger partial charge in [0.15, 0.2) is 0 Å². The Morgan fingerprint density at radius 3 is 2.42 bits per heavy atom. The van der Waals surface area contributed by atoms with Crippen LogP contribution in [0, 0.1) is 0 Å². The summed E-state index contributed by atoms with van der Waals surface area (Å²) in [7, 11) is 0. The lowest BCUT2D eigenvalue weighted by molar-refractivity contribution is 0.520. The van der Waals surface area contributed by atoms with Crippen LogP contribution in [-0.2, 0) is 0 Å². The Labute approximate surface area is 122 Å². The van der Waals surface area contributed by atoms with Gasteiger partial charge in [0.25, 0.3) is 0 Å². The molecule has 0 spiro atoms. The molecule has 1 saturated carbocycles. The zero-order valence-corrected chi connectivity index (χ0v) is 13.1. The highest BCUT2D eigenvalue weighted by Gasteiger charge is 2.26. The van der Waals surface area contributed by atoms with Crippen molar-refractivity contribution in [2.75, 3.05) is 6.54 Å². The first-order valence-corrected chi connectivity index (χ1v) is 8.73. The molecule has 0 bridgehead atoms. The summed E-state index contributed by atoms with van der Waals surface area (Å²) in [6.07, 6.45) is 6.97. The van der Waals surface area contributed by atoms with E-state index < -0.39 is 0 Å². The Balaban J connectivity index is 2.06. The van der Waals surface area contributed by atoms with Gasteiger partial charge in [-0.3, -0.25) is 0 Å². The Kier molecular flexibility index (Phi) is 6.25. The van der Waals surface area contributed by atoms with Crippen LogP contribution in [0.5, 0.6) is 0 Å². The SMILES string of the molecule is CCNC(c1ccccc1)C(CC)SC1CCCC1. The van der Waals surface area contributed by atoms with Crippen molar-refractivity contribution in [1.82, 2.24) is 5.32 Å². The maximum Gasteiger partial charge on any atom is 0.0440 e. The molecule has 1 nitrogen and oxygen atoms in total. The monoisotopic (exact) mass is 277 g/mol. The van der Waals surface area contributed by atoms with Gasteiger partial charge in [0, 0.05) is 16.5 Å². The second-order valence-corrected chi connectivity index (χ2v) is 6.98. The van der Waals surface area contributed by atoms with E-state index in [2.05, 4.69) is 61.3 Å². The molecular formula is C17H27NS. The maximum atomic E-state index is 3.70. The fourth-order valence-corrected chi connectivity index (χ4v) is 4.73. The zero-order valence-electron chi connectivity index (χ0n) is 12.3. The molecule has 0 radical (unpaired) electrons. The van der Waals surface area contributed by atoms with Crippen molar-refractivity contribution >= 4 is 11.8 Å². The topological polar surface area (TPSA) is 12.0 Å². The van der Waals surface area contributed by atoms with Crippen LogP contribution in [0.1, 0.15) is 57.6 Å². The highest BCUT2D eigenvalue weighted by atomic mass is 32.2. The lowest BCUT2D eigenvalue weighted by atomic mass is 10.0. The average Bonchev–Trinajstić information content (AvgIpc) is 2.96. The normalized spacial score (nSPS) is 19.5. The first kappa shape index (κ1) is 14.9. The second kappa shape index (κ2) is 7.96. The summed E-state index contributed by atoms with van der Waals surface area (Å²) < 4.78 is 0. The summed E-state index contributed by atoms with van der Waals surface area (Å²) in [5.41, 5.74) is 1.45. The van der Waals surface area contributed by atoms with Gasteiger partial charge in [-0.25, -0.2) is 0 Å². The zero-order chi connectivity index (χ0) is 13.5. The number of nitrogens with one attached hydrogen (secondary N) is 1. The van der Waals surface area contributed by atoms with Gasteiger partial charge in [0.2, 0.25) is 0 Å². The molecule has 1 aliphatic rings. The molecule has 2 heteroatoms. The van der Waals surface area contributed by atoms with E-state index in [9.17, 15) is 0 Å². The third-order valence-electron chi connectivity index (χ3n) is 4.03. The Morgan fingerprint density at radius 2 is 1.84 bits per heavy atom. The predicted octanol–water partition coefficient (Wildman–Crippen LogP) is 4.79. The van der Waals surface area contributed by atoms with Gasteiger partial charge >= 0.3 is 0 Å². The highest BCUT2D eigenvalue weighted by molar-refractivity contribution is 8.00. The highest BCUT2D eigenvalue weighted by Crippen LogP contribution is 2.38. The van der Waals surface area contributed by atoms with E-state index in [-0.39, 0.29) is 0 Å². The molecule has 0 aromatic heterocycles. The standard InChI is InChI=1S/C17H27NS/c1-3-16(19-15-12-8-9-13-15)17(18-4-2)14-10-6-5-7-11-14/h5-7,10-11,15-18H,3-4,8-9,12-13H2,1-2H3. The van der Waals surface area contributed by atoms with Crippen molar-refractivity contribution in [2.45, 2.75) is 62.5 Å². The molecule has 0 heterocycles. The van der Waals surface area contributed by atoms with E-state index in [1.54, 1.807) is 0 Å². The van der Waals surface area contributed by atoms with E-state index in [4.69, 9.17) is 0 Å². The lowest BCUT2D eigenvalue weighted by Gasteiger charge is -2.29. The predicted molar refractivity (Wildman–Crippen MR) is 86.8 cm³/mol. The summed E-state index contributed by atoms with van der Waals surface area (Å²) >= 11 is 2.23. The second-order valence-electron chi connectivity index (χ2n) is 5.44. The van der Waals surface area contributed by atoms with Gasteiger partial charge in [0.05, 0.1) is 0 Å². The third kappa shape index (κ3) is 4.25.